The van der Waals surface area contributed by atoms with Crippen LogP contribution >= 0.6 is 0 Å². The molecule has 1 aromatic carbocycles. The number of nitrogens with zero attached hydrogens (tertiary/aromatic N) is 1. The van der Waals surface area contributed by atoms with Crippen molar-refractivity contribution in [3.8, 4) is 0 Å². The van der Waals surface area contributed by atoms with Crippen LogP contribution in [0.15, 0.2) is 29.2 Å². The molecular formula is C9H12N2O2S. The zero-order valence-corrected chi connectivity index (χ0v) is 8.66. The van der Waals surface area contributed by atoms with Crippen LogP contribution in [-0.2, 0) is 10.0 Å². The van der Waals surface area contributed by atoms with Gasteiger partial charge in [-0.05, 0) is 31.2 Å². The van der Waals surface area contributed by atoms with Gasteiger partial charge in [0.1, 0.15) is 0 Å². The van der Waals surface area contributed by atoms with Crippen LogP contribution < -0.4 is 5.73 Å². The van der Waals surface area contributed by atoms with Crippen LogP contribution in [-0.4, -0.2) is 25.3 Å². The quantitative estimate of drug-likeness (QED) is 0.578. The first-order chi connectivity index (χ1) is 6.51. The summed E-state index contributed by atoms with van der Waals surface area (Å²) in [5.41, 5.74) is 6.05. The van der Waals surface area contributed by atoms with Gasteiger partial charge in [-0.25, -0.2) is 8.42 Å². The van der Waals surface area contributed by atoms with E-state index in [1.54, 1.807) is 12.1 Å². The molecule has 0 amide bonds. The van der Waals surface area contributed by atoms with Gasteiger partial charge >= 0.3 is 0 Å². The van der Waals surface area contributed by atoms with Crippen molar-refractivity contribution in [1.82, 2.24) is 4.31 Å². The Balaban J connectivity index is 2.35. The van der Waals surface area contributed by atoms with Crippen molar-refractivity contribution in [3.63, 3.8) is 0 Å². The van der Waals surface area contributed by atoms with E-state index in [-0.39, 0.29) is 6.04 Å². The van der Waals surface area contributed by atoms with Crippen LogP contribution in [0.4, 0.5) is 5.69 Å². The molecule has 2 rings (SSSR count). The monoisotopic (exact) mass is 212 g/mol. The highest BCUT2D eigenvalue weighted by molar-refractivity contribution is 7.89. The first-order valence-electron chi connectivity index (χ1n) is 4.39. The Kier molecular flexibility index (Phi) is 2.01. The first-order valence-corrected chi connectivity index (χ1v) is 5.83. The third kappa shape index (κ3) is 1.49. The number of nitrogens with two attached hydrogens (primary N) is 1. The third-order valence-corrected chi connectivity index (χ3v) is 4.28. The molecule has 0 saturated carbocycles. The minimum absolute atomic E-state index is 0.137. The zero-order chi connectivity index (χ0) is 10.3. The lowest BCUT2D eigenvalue weighted by Crippen LogP contribution is -2.13. The molecule has 0 bridgehead atoms. The molecule has 1 fully saturated rings. The molecular weight excluding hydrogens is 200 g/mol. The largest absolute Gasteiger partial charge is 0.399 e. The number of anilines is 1. The van der Waals surface area contributed by atoms with Gasteiger partial charge in [0.25, 0.3) is 0 Å². The van der Waals surface area contributed by atoms with Crippen molar-refractivity contribution < 1.29 is 8.42 Å². The molecule has 14 heavy (non-hydrogen) atoms. The average Bonchev–Trinajstić information content (AvgIpc) is 2.84. The molecule has 2 N–H and O–H groups in total. The van der Waals surface area contributed by atoms with Crippen LogP contribution in [0.2, 0.25) is 0 Å². The molecule has 1 aliphatic rings. The van der Waals surface area contributed by atoms with Gasteiger partial charge in [-0.2, -0.15) is 4.31 Å². The van der Waals surface area contributed by atoms with E-state index in [2.05, 4.69) is 0 Å². The SMILES string of the molecule is CC1CN1S(=O)(=O)c1ccc(N)cc1. The smallest absolute Gasteiger partial charge is 0.243 e. The molecule has 2 unspecified atom stereocenters. The molecule has 4 nitrogen and oxygen atoms in total. The van der Waals surface area contributed by atoms with Gasteiger partial charge in [0.15, 0.2) is 0 Å². The molecule has 0 spiro atoms. The van der Waals surface area contributed by atoms with Crippen molar-refractivity contribution >= 4 is 15.7 Å². The van der Waals surface area contributed by atoms with Gasteiger partial charge in [-0.3, -0.25) is 0 Å². The first kappa shape index (κ1) is 9.48. The van der Waals surface area contributed by atoms with E-state index in [1.165, 1.54) is 16.4 Å². The normalized spacial score (nSPS) is 26.1. The number of sulfonamides is 1. The fourth-order valence-corrected chi connectivity index (χ4v) is 2.96. The Morgan fingerprint density at radius 1 is 1.36 bits per heavy atom. The highest BCUT2D eigenvalue weighted by atomic mass is 32.2. The zero-order valence-electron chi connectivity index (χ0n) is 7.84. The minimum atomic E-state index is -3.25. The molecule has 0 radical (unpaired) electrons. The predicted molar refractivity (Wildman–Crippen MR) is 54.2 cm³/mol. The molecule has 76 valence electrons. The van der Waals surface area contributed by atoms with Gasteiger partial charge in [-0.15, -0.1) is 0 Å². The van der Waals surface area contributed by atoms with Crippen LogP contribution in [0.3, 0.4) is 0 Å². The van der Waals surface area contributed by atoms with Gasteiger partial charge in [0, 0.05) is 18.3 Å². The van der Waals surface area contributed by atoms with E-state index in [0.717, 1.165) is 0 Å². The van der Waals surface area contributed by atoms with Crippen molar-refractivity contribution in [3.05, 3.63) is 24.3 Å². The fraction of sp³-hybridized carbons (Fsp3) is 0.333. The Hall–Kier alpha value is -1.07. The maximum absolute atomic E-state index is 11.8. The summed E-state index contributed by atoms with van der Waals surface area (Å²) in [6.45, 7) is 2.50. The van der Waals surface area contributed by atoms with Crippen LogP contribution in [0.25, 0.3) is 0 Å². The van der Waals surface area contributed by atoms with Crippen LogP contribution in [0.1, 0.15) is 6.92 Å². The van der Waals surface area contributed by atoms with Crippen molar-refractivity contribution in [2.45, 2.75) is 17.9 Å². The van der Waals surface area contributed by atoms with Crippen LogP contribution in [0, 0.1) is 0 Å². The second kappa shape index (κ2) is 2.96. The van der Waals surface area contributed by atoms with E-state index < -0.39 is 10.0 Å². The van der Waals surface area contributed by atoms with Gasteiger partial charge in [-0.1, -0.05) is 0 Å². The fourth-order valence-electron chi connectivity index (χ4n) is 1.32. The Morgan fingerprint density at radius 2 is 1.86 bits per heavy atom. The maximum Gasteiger partial charge on any atom is 0.243 e. The van der Waals surface area contributed by atoms with Crippen molar-refractivity contribution in [2.24, 2.45) is 0 Å². The Bertz CT molecular complexity index is 438. The van der Waals surface area contributed by atoms with Gasteiger partial charge in [0.2, 0.25) is 10.0 Å². The summed E-state index contributed by atoms with van der Waals surface area (Å²) < 4.78 is 25.1. The maximum atomic E-state index is 11.8. The van der Waals surface area contributed by atoms with E-state index in [9.17, 15) is 8.42 Å². The molecule has 2 atom stereocenters. The summed E-state index contributed by atoms with van der Waals surface area (Å²) in [4.78, 5) is 0.316. The van der Waals surface area contributed by atoms with Gasteiger partial charge in [0.05, 0.1) is 4.90 Å². The van der Waals surface area contributed by atoms with Crippen molar-refractivity contribution in [1.29, 1.82) is 0 Å². The summed E-state index contributed by atoms with van der Waals surface area (Å²) in [5.74, 6) is 0. The summed E-state index contributed by atoms with van der Waals surface area (Å²) in [5, 5.41) is 0. The lowest BCUT2D eigenvalue weighted by Gasteiger charge is -2.04. The Morgan fingerprint density at radius 3 is 2.29 bits per heavy atom. The lowest BCUT2D eigenvalue weighted by atomic mass is 10.3. The molecule has 0 aliphatic carbocycles. The number of hydrogen-bond donors (Lipinski definition) is 1. The topological polar surface area (TPSA) is 63.2 Å². The molecule has 5 heteroatoms. The third-order valence-electron chi connectivity index (χ3n) is 2.29. The average molecular weight is 212 g/mol. The second-order valence-electron chi connectivity index (χ2n) is 3.49. The number of nitrogen functional groups attached to an aromatic ring is 1. The molecule has 1 aliphatic heterocycles. The highest BCUT2D eigenvalue weighted by Gasteiger charge is 2.40. The summed E-state index contributed by atoms with van der Waals surface area (Å²) in [6.07, 6.45) is 0. The van der Waals surface area contributed by atoms with Gasteiger partial charge < -0.3 is 5.73 Å². The molecule has 1 aromatic rings. The minimum Gasteiger partial charge on any atom is -0.399 e. The summed E-state index contributed by atoms with van der Waals surface area (Å²) >= 11 is 0. The standard InChI is InChI=1S/C9H12N2O2S/c1-7-6-11(7)14(12,13)9-4-2-8(10)3-5-9/h2-5,7H,6,10H2,1H3. The number of rotatable bonds is 2. The molecule has 1 saturated heterocycles. The second-order valence-corrected chi connectivity index (χ2v) is 5.38. The summed E-state index contributed by atoms with van der Waals surface area (Å²) in [7, 11) is -3.25. The number of benzene rings is 1. The predicted octanol–water partition coefficient (Wildman–Crippen LogP) is 0.662. The van der Waals surface area contributed by atoms with Crippen LogP contribution in [0.5, 0.6) is 0 Å². The molecule has 1 heterocycles. The lowest BCUT2D eigenvalue weighted by molar-refractivity contribution is 0.555. The van der Waals surface area contributed by atoms with E-state index >= 15 is 0 Å². The van der Waals surface area contributed by atoms with E-state index in [0.29, 0.717) is 17.1 Å². The Labute approximate surface area is 83.4 Å². The van der Waals surface area contributed by atoms with Crippen molar-refractivity contribution in [2.75, 3.05) is 12.3 Å². The number of hydrogen-bond acceptors (Lipinski definition) is 3. The highest BCUT2D eigenvalue weighted by Crippen LogP contribution is 2.27. The van der Waals surface area contributed by atoms with E-state index in [1.807, 2.05) is 6.92 Å². The van der Waals surface area contributed by atoms with E-state index in [4.69, 9.17) is 5.73 Å². The summed E-state index contributed by atoms with van der Waals surface area (Å²) in [6, 6.07) is 6.41. The molecule has 0 aromatic heterocycles.